The maximum atomic E-state index is 12.5. The van der Waals surface area contributed by atoms with Crippen LogP contribution < -0.4 is 5.01 Å². The molecule has 1 aromatic carbocycles. The molecule has 23 heavy (non-hydrogen) atoms. The fraction of sp³-hybridized carbons (Fsp3) is 0.250. The quantitative estimate of drug-likeness (QED) is 0.628. The van der Waals surface area contributed by atoms with Gasteiger partial charge in [0.1, 0.15) is 0 Å². The van der Waals surface area contributed by atoms with Gasteiger partial charge in [0.25, 0.3) is 0 Å². The van der Waals surface area contributed by atoms with Gasteiger partial charge in [-0.05, 0) is 26.0 Å². The minimum atomic E-state index is -1.02. The van der Waals surface area contributed by atoms with Gasteiger partial charge in [0.15, 0.2) is 17.6 Å². The van der Waals surface area contributed by atoms with Gasteiger partial charge in [0.05, 0.1) is 12.3 Å². The van der Waals surface area contributed by atoms with Gasteiger partial charge in [-0.15, -0.1) is 0 Å². The first-order valence-corrected chi connectivity index (χ1v) is 7.20. The number of carbonyl (C=O) groups excluding carboxylic acids is 3. The third kappa shape index (κ3) is 2.30. The molecule has 2 heterocycles. The van der Waals surface area contributed by atoms with Crippen LogP contribution in [0, 0.1) is 0 Å². The molecular weight excluding hydrogens is 298 g/mol. The second-order valence-corrected chi connectivity index (χ2v) is 5.06. The Morgan fingerprint density at radius 2 is 2.04 bits per heavy atom. The zero-order chi connectivity index (χ0) is 16.6. The molecule has 0 saturated heterocycles. The van der Waals surface area contributed by atoms with E-state index >= 15 is 0 Å². The van der Waals surface area contributed by atoms with E-state index in [-0.39, 0.29) is 24.0 Å². The largest absolute Gasteiger partial charge is 0.460 e. The number of aromatic nitrogens is 2. The van der Waals surface area contributed by atoms with Crippen molar-refractivity contribution in [2.75, 3.05) is 11.6 Å². The molecule has 0 bridgehead atoms. The Hall–Kier alpha value is -2.96. The van der Waals surface area contributed by atoms with Crippen molar-refractivity contribution in [2.45, 2.75) is 19.9 Å². The molecule has 7 nitrogen and oxygen atoms in total. The number of benzene rings is 1. The van der Waals surface area contributed by atoms with E-state index in [1.807, 2.05) is 0 Å². The Kier molecular flexibility index (Phi) is 3.69. The van der Waals surface area contributed by atoms with E-state index in [2.05, 4.69) is 4.98 Å². The van der Waals surface area contributed by atoms with Crippen molar-refractivity contribution >= 4 is 23.2 Å². The number of anilines is 1. The Bertz CT molecular complexity index is 796. The summed E-state index contributed by atoms with van der Waals surface area (Å²) in [7, 11) is 0. The first-order valence-electron chi connectivity index (χ1n) is 7.20. The summed E-state index contributed by atoms with van der Waals surface area (Å²) in [5.41, 5.74) is 0.998. The lowest BCUT2D eigenvalue weighted by Crippen LogP contribution is -2.45. The van der Waals surface area contributed by atoms with E-state index in [0.29, 0.717) is 11.3 Å². The van der Waals surface area contributed by atoms with Gasteiger partial charge in [-0.1, -0.05) is 12.1 Å². The van der Waals surface area contributed by atoms with Crippen LogP contribution in [0.25, 0.3) is 0 Å². The fourth-order valence-electron chi connectivity index (χ4n) is 2.69. The van der Waals surface area contributed by atoms with Gasteiger partial charge in [-0.3, -0.25) is 14.6 Å². The Labute approximate surface area is 132 Å². The van der Waals surface area contributed by atoms with E-state index in [0.717, 1.165) is 0 Å². The van der Waals surface area contributed by atoms with Gasteiger partial charge >= 0.3 is 5.97 Å². The van der Waals surface area contributed by atoms with E-state index in [1.165, 1.54) is 29.0 Å². The number of hydrogen-bond acceptors (Lipinski definition) is 6. The minimum Gasteiger partial charge on any atom is -0.460 e. The number of ketones is 2. The minimum absolute atomic E-state index is 0.0163. The van der Waals surface area contributed by atoms with Gasteiger partial charge in [-0.25, -0.2) is 14.5 Å². The summed E-state index contributed by atoms with van der Waals surface area (Å²) in [6.07, 6.45) is 2.95. The van der Waals surface area contributed by atoms with Gasteiger partial charge in [0.2, 0.25) is 5.82 Å². The summed E-state index contributed by atoms with van der Waals surface area (Å²) < 4.78 is 6.37. The molecule has 1 unspecified atom stereocenters. The molecule has 0 spiro atoms. The van der Waals surface area contributed by atoms with Crippen molar-refractivity contribution in [1.82, 2.24) is 9.66 Å². The van der Waals surface area contributed by atoms with Crippen LogP contribution in [0.15, 0.2) is 36.7 Å². The first kappa shape index (κ1) is 15.0. The normalized spacial score (nSPS) is 16.3. The number of carbonyl (C=O) groups is 3. The number of rotatable bonds is 4. The van der Waals surface area contributed by atoms with E-state index in [9.17, 15) is 14.4 Å². The molecule has 118 valence electrons. The lowest BCUT2D eigenvalue weighted by molar-refractivity contribution is -0.117. The average Bonchev–Trinajstić information content (AvgIpc) is 3.10. The molecule has 3 rings (SSSR count). The van der Waals surface area contributed by atoms with Crippen LogP contribution in [-0.4, -0.2) is 39.8 Å². The van der Waals surface area contributed by atoms with Crippen molar-refractivity contribution in [2.24, 2.45) is 0 Å². The molecular formula is C16H15N3O4. The fourth-order valence-corrected chi connectivity index (χ4v) is 2.69. The standard InChI is InChI=1S/C16H15N3O4/c1-3-23-16(22)15-17-8-9-18(15)19-12-7-5-4-6-11(12)14(21)13(19)10(2)20/h4-9,13H,3H2,1-2H3. The predicted molar refractivity (Wildman–Crippen MR) is 81.3 cm³/mol. The third-order valence-corrected chi connectivity index (χ3v) is 3.61. The second kappa shape index (κ2) is 5.68. The average molecular weight is 313 g/mol. The van der Waals surface area contributed by atoms with E-state index < -0.39 is 12.0 Å². The number of para-hydroxylation sites is 1. The summed E-state index contributed by atoms with van der Waals surface area (Å²) in [4.78, 5) is 40.6. The van der Waals surface area contributed by atoms with Crippen molar-refractivity contribution in [1.29, 1.82) is 0 Å². The topological polar surface area (TPSA) is 81.5 Å². The summed E-state index contributed by atoms with van der Waals surface area (Å²) >= 11 is 0. The summed E-state index contributed by atoms with van der Waals surface area (Å²) in [6.45, 7) is 3.25. The number of imidazole rings is 1. The molecule has 1 aliphatic heterocycles. The van der Waals surface area contributed by atoms with E-state index in [1.54, 1.807) is 31.2 Å². The zero-order valence-corrected chi connectivity index (χ0v) is 12.7. The van der Waals surface area contributed by atoms with Crippen LogP contribution in [-0.2, 0) is 9.53 Å². The molecule has 0 saturated carbocycles. The maximum Gasteiger partial charge on any atom is 0.376 e. The smallest absolute Gasteiger partial charge is 0.376 e. The maximum absolute atomic E-state index is 12.5. The first-order chi connectivity index (χ1) is 11.1. The predicted octanol–water partition coefficient (Wildman–Crippen LogP) is 1.48. The van der Waals surface area contributed by atoms with Crippen LogP contribution in [0.1, 0.15) is 34.8 Å². The summed E-state index contributed by atoms with van der Waals surface area (Å²) in [5.74, 6) is -1.20. The van der Waals surface area contributed by atoms with Crippen molar-refractivity contribution < 1.29 is 19.1 Å². The van der Waals surface area contributed by atoms with Gasteiger partial charge in [-0.2, -0.15) is 0 Å². The molecule has 0 N–H and O–H groups in total. The molecule has 0 radical (unpaired) electrons. The molecule has 0 amide bonds. The summed E-state index contributed by atoms with van der Waals surface area (Å²) in [6, 6.07) is 5.87. The third-order valence-electron chi connectivity index (χ3n) is 3.61. The number of esters is 1. The zero-order valence-electron chi connectivity index (χ0n) is 12.7. The van der Waals surface area contributed by atoms with Crippen molar-refractivity contribution in [3.8, 4) is 0 Å². The van der Waals surface area contributed by atoms with Crippen molar-refractivity contribution in [3.05, 3.63) is 48.0 Å². The molecule has 1 aromatic heterocycles. The molecule has 0 fully saturated rings. The Morgan fingerprint density at radius 3 is 2.74 bits per heavy atom. The highest BCUT2D eigenvalue weighted by molar-refractivity contribution is 6.21. The van der Waals surface area contributed by atoms with Crippen LogP contribution in [0.3, 0.4) is 0 Å². The van der Waals surface area contributed by atoms with Gasteiger partial charge in [0, 0.05) is 18.0 Å². The Morgan fingerprint density at radius 1 is 1.30 bits per heavy atom. The Balaban J connectivity index is 2.14. The SMILES string of the molecule is CCOC(=O)c1nccn1N1c2ccccc2C(=O)C1C(C)=O. The van der Waals surface area contributed by atoms with E-state index in [4.69, 9.17) is 4.74 Å². The van der Waals surface area contributed by atoms with Crippen LogP contribution in [0.4, 0.5) is 5.69 Å². The van der Waals surface area contributed by atoms with Crippen LogP contribution in [0.5, 0.6) is 0 Å². The van der Waals surface area contributed by atoms with Crippen LogP contribution >= 0.6 is 0 Å². The lowest BCUT2D eigenvalue weighted by atomic mass is 10.1. The van der Waals surface area contributed by atoms with Gasteiger partial charge < -0.3 is 4.74 Å². The number of Topliss-reactive ketones (excluding diaryl/α,β-unsaturated/α-hetero) is 2. The molecule has 0 aliphatic carbocycles. The highest BCUT2D eigenvalue weighted by Gasteiger charge is 2.42. The highest BCUT2D eigenvalue weighted by Crippen LogP contribution is 2.33. The lowest BCUT2D eigenvalue weighted by Gasteiger charge is -2.26. The van der Waals surface area contributed by atoms with Crippen molar-refractivity contribution in [3.63, 3.8) is 0 Å². The monoisotopic (exact) mass is 313 g/mol. The molecule has 2 aromatic rings. The summed E-state index contributed by atoms with van der Waals surface area (Å²) in [5, 5.41) is 1.49. The second-order valence-electron chi connectivity index (χ2n) is 5.06. The number of hydrogen-bond donors (Lipinski definition) is 0. The molecule has 1 atom stereocenters. The molecule has 1 aliphatic rings. The molecule has 7 heteroatoms. The number of nitrogens with zero attached hydrogens (tertiary/aromatic N) is 3. The highest BCUT2D eigenvalue weighted by atomic mass is 16.5. The number of fused-ring (bicyclic) bond motifs is 1. The van der Waals surface area contributed by atoms with Crippen LogP contribution in [0.2, 0.25) is 0 Å². The number of ether oxygens (including phenoxy) is 1.